The first-order valence-electron chi connectivity index (χ1n) is 6.65. The molecule has 8 heteroatoms. The third-order valence-electron chi connectivity index (χ3n) is 3.47. The highest BCUT2D eigenvalue weighted by molar-refractivity contribution is 6.35. The summed E-state index contributed by atoms with van der Waals surface area (Å²) in [5.74, 6) is 0. The van der Waals surface area contributed by atoms with Crippen LogP contribution in [0.1, 0.15) is 17.2 Å². The van der Waals surface area contributed by atoms with Crippen molar-refractivity contribution in [1.29, 1.82) is 0 Å². The van der Waals surface area contributed by atoms with Gasteiger partial charge in [-0.25, -0.2) is 5.01 Å². The number of nitrogens with zero attached hydrogens (tertiary/aromatic N) is 3. The molecule has 1 atom stereocenters. The lowest BCUT2D eigenvalue weighted by molar-refractivity contribution is -0.137. The molecule has 1 unspecified atom stereocenters. The highest BCUT2D eigenvalue weighted by Crippen LogP contribution is 2.38. The van der Waals surface area contributed by atoms with Crippen molar-refractivity contribution in [3.8, 4) is 0 Å². The Morgan fingerprint density at radius 1 is 1.09 bits per heavy atom. The van der Waals surface area contributed by atoms with Crippen LogP contribution in [0, 0.1) is 0 Å². The van der Waals surface area contributed by atoms with Crippen molar-refractivity contribution >= 4 is 28.9 Å². The molecule has 0 aliphatic carbocycles. The fourth-order valence-electron chi connectivity index (χ4n) is 2.38. The minimum Gasteiger partial charge on any atom is -0.238 e. The molecule has 0 bridgehead atoms. The summed E-state index contributed by atoms with van der Waals surface area (Å²) in [6, 6.07) is 9.56. The summed E-state index contributed by atoms with van der Waals surface area (Å²) >= 11 is 12.1. The average Bonchev–Trinajstić information content (AvgIpc) is 2.96. The molecule has 23 heavy (non-hydrogen) atoms. The molecule has 0 aromatic heterocycles. The molecule has 0 N–H and O–H groups in total. The Morgan fingerprint density at radius 2 is 1.87 bits per heavy atom. The van der Waals surface area contributed by atoms with E-state index in [1.54, 1.807) is 24.3 Å². The van der Waals surface area contributed by atoms with Crippen molar-refractivity contribution in [3.05, 3.63) is 63.6 Å². The van der Waals surface area contributed by atoms with E-state index in [4.69, 9.17) is 23.2 Å². The third kappa shape index (κ3) is 3.28. The van der Waals surface area contributed by atoms with Crippen LogP contribution in [-0.4, -0.2) is 6.54 Å². The van der Waals surface area contributed by atoms with Crippen LogP contribution >= 0.6 is 23.2 Å². The predicted octanol–water partition coefficient (Wildman–Crippen LogP) is 5.94. The zero-order chi connectivity index (χ0) is 16.6. The first-order valence-corrected chi connectivity index (χ1v) is 7.41. The van der Waals surface area contributed by atoms with Crippen LogP contribution < -0.4 is 5.01 Å². The summed E-state index contributed by atoms with van der Waals surface area (Å²) in [5.41, 5.74) is 0.272. The van der Waals surface area contributed by atoms with Gasteiger partial charge < -0.3 is 0 Å². The highest BCUT2D eigenvalue weighted by Gasteiger charge is 2.33. The van der Waals surface area contributed by atoms with Gasteiger partial charge in [-0.3, -0.25) is 0 Å². The maximum absolute atomic E-state index is 12.9. The van der Waals surface area contributed by atoms with E-state index < -0.39 is 11.7 Å². The number of anilines is 1. The molecule has 2 aromatic carbocycles. The molecule has 3 nitrogen and oxygen atoms in total. The van der Waals surface area contributed by atoms with E-state index in [2.05, 4.69) is 10.3 Å². The quantitative estimate of drug-likeness (QED) is 0.651. The third-order valence-corrected chi connectivity index (χ3v) is 4.03. The van der Waals surface area contributed by atoms with Crippen molar-refractivity contribution in [2.24, 2.45) is 10.3 Å². The molecule has 0 saturated heterocycles. The van der Waals surface area contributed by atoms with Crippen molar-refractivity contribution in [2.75, 3.05) is 11.6 Å². The van der Waals surface area contributed by atoms with Crippen LogP contribution in [0.4, 0.5) is 18.9 Å². The first kappa shape index (κ1) is 16.1. The fourth-order valence-corrected chi connectivity index (χ4v) is 2.91. The van der Waals surface area contributed by atoms with Gasteiger partial charge in [-0.05, 0) is 35.9 Å². The summed E-state index contributed by atoms with van der Waals surface area (Å²) < 4.78 is 38.6. The van der Waals surface area contributed by atoms with Crippen LogP contribution in [-0.2, 0) is 6.18 Å². The van der Waals surface area contributed by atoms with Gasteiger partial charge in [0.2, 0.25) is 0 Å². The van der Waals surface area contributed by atoms with Gasteiger partial charge in [0.05, 0.1) is 17.8 Å². The maximum atomic E-state index is 12.9. The van der Waals surface area contributed by atoms with Gasteiger partial charge in [0.15, 0.2) is 0 Å². The molecule has 120 valence electrons. The van der Waals surface area contributed by atoms with Crippen LogP contribution in [0.5, 0.6) is 0 Å². The lowest BCUT2D eigenvalue weighted by Crippen LogP contribution is -2.21. The van der Waals surface area contributed by atoms with E-state index in [0.29, 0.717) is 27.8 Å². The Bertz CT molecular complexity index is 762. The van der Waals surface area contributed by atoms with Crippen molar-refractivity contribution < 1.29 is 13.2 Å². The average molecular weight is 360 g/mol. The predicted molar refractivity (Wildman–Crippen MR) is 82.8 cm³/mol. The summed E-state index contributed by atoms with van der Waals surface area (Å²) in [6.07, 6.45) is -4.42. The molecule has 0 saturated carbocycles. The lowest BCUT2D eigenvalue weighted by Gasteiger charge is -2.23. The van der Waals surface area contributed by atoms with E-state index in [0.717, 1.165) is 12.1 Å². The summed E-state index contributed by atoms with van der Waals surface area (Å²) in [4.78, 5) is 0. The normalized spacial score (nSPS) is 17.8. The molecular formula is C15H10Cl2F3N3. The topological polar surface area (TPSA) is 28.0 Å². The Balaban J connectivity index is 1.97. The minimum absolute atomic E-state index is 0.303. The van der Waals surface area contributed by atoms with E-state index in [1.807, 2.05) is 0 Å². The number of halogens is 5. The number of benzene rings is 2. The second kappa shape index (κ2) is 6.02. The van der Waals surface area contributed by atoms with E-state index in [1.165, 1.54) is 11.1 Å². The van der Waals surface area contributed by atoms with Crippen LogP contribution in [0.2, 0.25) is 10.0 Å². The Labute approximate surface area is 140 Å². The molecule has 1 aliphatic heterocycles. The number of alkyl halides is 3. The molecule has 0 fully saturated rings. The second-order valence-electron chi connectivity index (χ2n) is 4.99. The molecule has 2 aromatic rings. The summed E-state index contributed by atoms with van der Waals surface area (Å²) in [6.45, 7) is 0.303. The van der Waals surface area contributed by atoms with Gasteiger partial charge in [0, 0.05) is 10.0 Å². The SMILES string of the molecule is FC(F)(F)c1cccc(N2N=NCC2c2ccc(Cl)cc2Cl)c1. The molecule has 1 heterocycles. The summed E-state index contributed by atoms with van der Waals surface area (Å²) in [5, 5.41) is 10.2. The van der Waals surface area contributed by atoms with Gasteiger partial charge in [-0.2, -0.15) is 18.3 Å². The van der Waals surface area contributed by atoms with Crippen LogP contribution in [0.15, 0.2) is 52.8 Å². The Morgan fingerprint density at radius 3 is 2.57 bits per heavy atom. The largest absolute Gasteiger partial charge is 0.416 e. The van der Waals surface area contributed by atoms with E-state index >= 15 is 0 Å². The highest BCUT2D eigenvalue weighted by atomic mass is 35.5. The zero-order valence-electron chi connectivity index (χ0n) is 11.6. The molecule has 1 aliphatic rings. The van der Waals surface area contributed by atoms with Crippen LogP contribution in [0.25, 0.3) is 0 Å². The second-order valence-corrected chi connectivity index (χ2v) is 5.83. The monoisotopic (exact) mass is 359 g/mol. The molecule has 3 rings (SSSR count). The van der Waals surface area contributed by atoms with Gasteiger partial charge in [-0.1, -0.05) is 40.6 Å². The Kier molecular flexibility index (Phi) is 4.21. The minimum atomic E-state index is -4.42. The number of hydrogen-bond acceptors (Lipinski definition) is 3. The van der Waals surface area contributed by atoms with E-state index in [9.17, 15) is 13.2 Å². The molecule has 0 spiro atoms. The molecule has 0 amide bonds. The number of hydrogen-bond donors (Lipinski definition) is 0. The first-order chi connectivity index (χ1) is 10.9. The van der Waals surface area contributed by atoms with Crippen molar-refractivity contribution in [3.63, 3.8) is 0 Å². The summed E-state index contributed by atoms with van der Waals surface area (Å²) in [7, 11) is 0. The zero-order valence-corrected chi connectivity index (χ0v) is 13.1. The Hall–Kier alpha value is -1.79. The van der Waals surface area contributed by atoms with Crippen molar-refractivity contribution in [1.82, 2.24) is 0 Å². The number of rotatable bonds is 2. The molecule has 0 radical (unpaired) electrons. The standard InChI is InChI=1S/C15H10Cl2F3N3/c16-10-4-5-12(13(17)7-10)14-8-21-22-23(14)11-3-1-2-9(6-11)15(18,19)20/h1-7,14H,8H2. The van der Waals surface area contributed by atoms with Gasteiger partial charge in [0.1, 0.15) is 6.04 Å². The van der Waals surface area contributed by atoms with Gasteiger partial charge >= 0.3 is 6.18 Å². The van der Waals surface area contributed by atoms with E-state index in [-0.39, 0.29) is 6.04 Å². The lowest BCUT2D eigenvalue weighted by atomic mass is 10.1. The smallest absolute Gasteiger partial charge is 0.238 e. The molecular weight excluding hydrogens is 350 g/mol. The van der Waals surface area contributed by atoms with Gasteiger partial charge in [0.25, 0.3) is 0 Å². The maximum Gasteiger partial charge on any atom is 0.416 e. The van der Waals surface area contributed by atoms with Crippen molar-refractivity contribution in [2.45, 2.75) is 12.2 Å². The van der Waals surface area contributed by atoms with Crippen LogP contribution in [0.3, 0.4) is 0 Å². The fraction of sp³-hybridized carbons (Fsp3) is 0.200. The van der Waals surface area contributed by atoms with Gasteiger partial charge in [-0.15, -0.1) is 0 Å².